The number of hydrogen-bond donors (Lipinski definition) is 2. The molecule has 0 amide bonds. The molecule has 176 valence electrons. The number of nitrogens with zero attached hydrogens (tertiary/aromatic N) is 3. The molecule has 11 heteroatoms. The molecule has 0 aliphatic heterocycles. The van der Waals surface area contributed by atoms with Crippen LogP contribution in [0.15, 0.2) is 35.6 Å². The Morgan fingerprint density at radius 2 is 2.06 bits per heavy atom. The van der Waals surface area contributed by atoms with Crippen LogP contribution >= 0.6 is 11.3 Å². The SMILES string of the molecule is C=[O+]C(C)(C)OC1CC(Nc2nc(S(C)(=O)=O)ncc2-c2nc3ccccc3s2)CC1CO. The third-order valence-electron chi connectivity index (χ3n) is 5.61. The number of benzene rings is 1. The summed E-state index contributed by atoms with van der Waals surface area (Å²) in [7, 11) is -3.60. The number of anilines is 1. The Balaban J connectivity index is 1.67. The van der Waals surface area contributed by atoms with Gasteiger partial charge in [0.25, 0.3) is 6.79 Å². The molecule has 0 saturated heterocycles. The molecule has 0 spiro atoms. The second-order valence-electron chi connectivity index (χ2n) is 8.63. The highest BCUT2D eigenvalue weighted by Crippen LogP contribution is 2.37. The third kappa shape index (κ3) is 5.21. The normalized spacial score (nSPS) is 21.4. The number of ether oxygens (including phenoxy) is 1. The second-order valence-corrected chi connectivity index (χ2v) is 11.6. The first kappa shape index (κ1) is 23.7. The molecular formula is C22H27N4O5S2+. The van der Waals surface area contributed by atoms with Crippen LogP contribution in [-0.2, 0) is 19.0 Å². The van der Waals surface area contributed by atoms with E-state index in [0.29, 0.717) is 29.2 Å². The fourth-order valence-electron chi connectivity index (χ4n) is 3.93. The van der Waals surface area contributed by atoms with Crippen LogP contribution in [0.25, 0.3) is 20.8 Å². The van der Waals surface area contributed by atoms with E-state index >= 15 is 0 Å². The van der Waals surface area contributed by atoms with E-state index in [-0.39, 0.29) is 29.8 Å². The van der Waals surface area contributed by atoms with E-state index in [4.69, 9.17) is 9.16 Å². The molecule has 3 atom stereocenters. The highest BCUT2D eigenvalue weighted by atomic mass is 32.2. The maximum Gasteiger partial charge on any atom is 0.383 e. The van der Waals surface area contributed by atoms with Crippen LogP contribution in [0.5, 0.6) is 0 Å². The number of rotatable bonds is 8. The Morgan fingerprint density at radius 1 is 1.30 bits per heavy atom. The molecule has 1 saturated carbocycles. The zero-order chi connectivity index (χ0) is 23.8. The number of carbonyl (C=O) groups excluding carboxylic acids is 1. The van der Waals surface area contributed by atoms with Gasteiger partial charge in [-0.2, -0.15) is 0 Å². The van der Waals surface area contributed by atoms with Gasteiger partial charge in [0.1, 0.15) is 10.8 Å². The van der Waals surface area contributed by atoms with Crippen molar-refractivity contribution in [2.75, 3.05) is 18.2 Å². The van der Waals surface area contributed by atoms with Gasteiger partial charge in [0.15, 0.2) is 0 Å². The lowest BCUT2D eigenvalue weighted by Crippen LogP contribution is -2.34. The summed E-state index contributed by atoms with van der Waals surface area (Å²) in [6, 6.07) is 7.65. The Morgan fingerprint density at radius 3 is 2.73 bits per heavy atom. The van der Waals surface area contributed by atoms with Crippen LogP contribution in [-0.4, -0.2) is 66.1 Å². The zero-order valence-electron chi connectivity index (χ0n) is 18.7. The first-order valence-electron chi connectivity index (χ1n) is 10.5. The van der Waals surface area contributed by atoms with Crippen molar-refractivity contribution in [1.29, 1.82) is 0 Å². The molecule has 3 unspecified atom stereocenters. The maximum atomic E-state index is 12.1. The fraction of sp³-hybridized carbons (Fsp3) is 0.455. The summed E-state index contributed by atoms with van der Waals surface area (Å²) in [5, 5.41) is 13.7. The smallest absolute Gasteiger partial charge is 0.383 e. The molecule has 9 nitrogen and oxygen atoms in total. The number of aliphatic hydroxyl groups is 1. The summed E-state index contributed by atoms with van der Waals surface area (Å²) in [6.07, 6.45) is 3.51. The van der Waals surface area contributed by atoms with Gasteiger partial charge in [-0.1, -0.05) is 12.1 Å². The maximum absolute atomic E-state index is 12.1. The van der Waals surface area contributed by atoms with Gasteiger partial charge >= 0.3 is 5.79 Å². The number of nitrogens with one attached hydrogen (secondary N) is 1. The Kier molecular flexibility index (Phi) is 6.50. The van der Waals surface area contributed by atoms with Crippen molar-refractivity contribution in [3.63, 3.8) is 0 Å². The Hall–Kier alpha value is -2.47. The summed E-state index contributed by atoms with van der Waals surface area (Å²) in [6.45, 7) is 6.94. The second kappa shape index (κ2) is 9.05. The largest absolute Gasteiger partial charge is 0.396 e. The highest BCUT2D eigenvalue weighted by molar-refractivity contribution is 7.90. The molecule has 1 aliphatic carbocycles. The summed E-state index contributed by atoms with van der Waals surface area (Å²) < 4.78 is 36.4. The average molecular weight is 492 g/mol. The summed E-state index contributed by atoms with van der Waals surface area (Å²) >= 11 is 1.48. The molecule has 0 radical (unpaired) electrons. The summed E-state index contributed by atoms with van der Waals surface area (Å²) in [5.74, 6) is -0.615. The third-order valence-corrected chi connectivity index (χ3v) is 7.54. The number of hydrogen-bond acceptors (Lipinski definition) is 9. The quantitative estimate of drug-likeness (QED) is 0.280. The van der Waals surface area contributed by atoms with E-state index in [1.807, 2.05) is 24.3 Å². The molecule has 2 heterocycles. The van der Waals surface area contributed by atoms with E-state index < -0.39 is 15.6 Å². The highest BCUT2D eigenvalue weighted by Gasteiger charge is 2.42. The van der Waals surface area contributed by atoms with Crippen molar-refractivity contribution >= 4 is 44.0 Å². The first-order valence-corrected chi connectivity index (χ1v) is 13.2. The van der Waals surface area contributed by atoms with Crippen LogP contribution in [0.3, 0.4) is 0 Å². The minimum atomic E-state index is -3.60. The van der Waals surface area contributed by atoms with Gasteiger partial charge < -0.3 is 10.4 Å². The van der Waals surface area contributed by atoms with E-state index in [0.717, 1.165) is 16.5 Å². The predicted octanol–water partition coefficient (Wildman–Crippen LogP) is 2.83. The number of fused-ring (bicyclic) bond motifs is 1. The molecule has 2 N–H and O–H groups in total. The van der Waals surface area contributed by atoms with Crippen molar-refractivity contribution < 1.29 is 22.7 Å². The molecule has 1 aliphatic rings. The lowest BCUT2D eigenvalue weighted by atomic mass is 10.1. The average Bonchev–Trinajstić information content (AvgIpc) is 3.36. The van der Waals surface area contributed by atoms with Gasteiger partial charge in [0.2, 0.25) is 15.0 Å². The van der Waals surface area contributed by atoms with E-state index in [2.05, 4.69) is 27.1 Å². The van der Waals surface area contributed by atoms with Gasteiger partial charge in [-0.3, -0.25) is 4.74 Å². The van der Waals surface area contributed by atoms with Gasteiger partial charge in [-0.25, -0.2) is 27.8 Å². The van der Waals surface area contributed by atoms with Crippen LogP contribution in [0.2, 0.25) is 0 Å². The lowest BCUT2D eigenvalue weighted by Gasteiger charge is -2.21. The van der Waals surface area contributed by atoms with E-state index in [9.17, 15) is 13.5 Å². The standard InChI is InChI=1S/C22H27N4O5S2/c1-22(2,30-3)31-17-10-14(9-13(17)12-27)24-19-15(11-23-21(26-19)33(4,28)29)20-25-16-7-5-6-8-18(16)32-20/h5-8,11,13-14,17,27H,3,9-10,12H2,1-2,4H3,(H,23,24,26)/q+1. The molecule has 4 rings (SSSR count). The topological polar surface area (TPSA) is 126 Å². The van der Waals surface area contributed by atoms with Crippen LogP contribution in [0, 0.1) is 5.92 Å². The predicted molar refractivity (Wildman–Crippen MR) is 127 cm³/mol. The van der Waals surface area contributed by atoms with Crippen molar-refractivity contribution in [3.8, 4) is 10.6 Å². The monoisotopic (exact) mass is 491 g/mol. The zero-order valence-corrected chi connectivity index (χ0v) is 20.3. The Bertz CT molecular complexity index is 1240. The number of sulfone groups is 1. The fourth-order valence-corrected chi connectivity index (χ4v) is 5.41. The van der Waals surface area contributed by atoms with Crippen molar-refractivity contribution in [1.82, 2.24) is 15.0 Å². The minimum absolute atomic E-state index is 0.0425. The van der Waals surface area contributed by atoms with Gasteiger partial charge in [0.05, 0.1) is 35.7 Å². The lowest BCUT2D eigenvalue weighted by molar-refractivity contribution is -0.606. The Labute approximate surface area is 196 Å². The molecule has 1 aromatic carbocycles. The molecular weight excluding hydrogens is 464 g/mol. The number of thiazole rings is 1. The molecule has 3 aromatic rings. The first-order chi connectivity index (χ1) is 15.6. The van der Waals surface area contributed by atoms with Gasteiger partial charge in [-0.05, 0) is 25.0 Å². The van der Waals surface area contributed by atoms with Crippen LogP contribution < -0.4 is 5.32 Å². The summed E-state index contributed by atoms with van der Waals surface area (Å²) in [5.41, 5.74) is 1.47. The van der Waals surface area contributed by atoms with E-state index in [1.165, 1.54) is 17.5 Å². The van der Waals surface area contributed by atoms with Crippen molar-refractivity contribution in [3.05, 3.63) is 30.5 Å². The minimum Gasteiger partial charge on any atom is -0.396 e. The molecule has 1 fully saturated rings. The molecule has 33 heavy (non-hydrogen) atoms. The van der Waals surface area contributed by atoms with Gasteiger partial charge in [-0.15, -0.1) is 11.3 Å². The number of aliphatic hydroxyl groups excluding tert-OH is 1. The molecule has 0 bridgehead atoms. The van der Waals surface area contributed by atoms with Crippen LogP contribution in [0.1, 0.15) is 26.7 Å². The summed E-state index contributed by atoms with van der Waals surface area (Å²) in [4.78, 5) is 13.1. The van der Waals surface area contributed by atoms with Gasteiger partial charge in [0, 0.05) is 31.0 Å². The number of aromatic nitrogens is 3. The molecule has 2 aromatic heterocycles. The van der Waals surface area contributed by atoms with E-state index in [1.54, 1.807) is 13.8 Å². The van der Waals surface area contributed by atoms with Crippen LogP contribution in [0.4, 0.5) is 5.82 Å². The number of para-hydroxylation sites is 1. The van der Waals surface area contributed by atoms with Crippen molar-refractivity contribution in [2.24, 2.45) is 5.92 Å². The van der Waals surface area contributed by atoms with Crippen molar-refractivity contribution in [2.45, 2.75) is 49.8 Å².